The third-order valence-corrected chi connectivity index (χ3v) is 4.52. The Morgan fingerprint density at radius 1 is 1.21 bits per heavy atom. The Morgan fingerprint density at radius 3 is 2.75 bits per heavy atom. The largest absolute Gasteiger partial charge is 0.493 e. The number of fused-ring (bicyclic) bond motifs is 1. The second-order valence-electron chi connectivity index (χ2n) is 6.42. The molecule has 0 radical (unpaired) electrons. The zero-order valence-electron chi connectivity index (χ0n) is 14.5. The summed E-state index contributed by atoms with van der Waals surface area (Å²) in [6, 6.07) is 15.1. The van der Waals surface area contributed by atoms with Crippen molar-refractivity contribution in [3.8, 4) is 5.75 Å². The molecule has 1 aliphatic heterocycles. The molecule has 0 bridgehead atoms. The van der Waals surface area contributed by atoms with E-state index in [1.807, 2.05) is 11.9 Å². The van der Waals surface area contributed by atoms with Crippen molar-refractivity contribution in [3.05, 3.63) is 53.6 Å². The Morgan fingerprint density at radius 2 is 2.00 bits per heavy atom. The van der Waals surface area contributed by atoms with E-state index in [0.717, 1.165) is 36.6 Å². The van der Waals surface area contributed by atoms with Crippen LogP contribution in [0.4, 0.5) is 11.4 Å². The molecule has 1 atom stereocenters. The lowest BCUT2D eigenvalue weighted by Gasteiger charge is -2.22. The van der Waals surface area contributed by atoms with Gasteiger partial charge in [0, 0.05) is 30.5 Å². The van der Waals surface area contributed by atoms with Crippen molar-refractivity contribution in [2.45, 2.75) is 25.8 Å². The van der Waals surface area contributed by atoms with Crippen LogP contribution in [0.15, 0.2) is 42.5 Å². The number of likely N-dealkylation sites (N-methyl/N-ethyl adjacent to an activating group) is 1. The van der Waals surface area contributed by atoms with E-state index in [1.165, 1.54) is 11.1 Å². The fourth-order valence-corrected chi connectivity index (χ4v) is 3.12. The molecule has 128 valence electrons. The van der Waals surface area contributed by atoms with Gasteiger partial charge in [-0.05, 0) is 55.7 Å². The predicted molar refractivity (Wildman–Crippen MR) is 99.1 cm³/mol. The van der Waals surface area contributed by atoms with Crippen LogP contribution in [0, 0.1) is 6.92 Å². The van der Waals surface area contributed by atoms with Gasteiger partial charge in [-0.1, -0.05) is 12.1 Å². The van der Waals surface area contributed by atoms with Crippen LogP contribution in [0.3, 0.4) is 0 Å². The number of anilines is 2. The maximum atomic E-state index is 9.04. The van der Waals surface area contributed by atoms with Crippen LogP contribution in [-0.2, 0) is 0 Å². The van der Waals surface area contributed by atoms with Gasteiger partial charge in [-0.3, -0.25) is 0 Å². The van der Waals surface area contributed by atoms with E-state index >= 15 is 0 Å². The summed E-state index contributed by atoms with van der Waals surface area (Å²) in [7, 11) is 1.99. The summed E-state index contributed by atoms with van der Waals surface area (Å²) >= 11 is 0. The molecule has 0 fully saturated rings. The molecular formula is C20H26N2O2. The van der Waals surface area contributed by atoms with Crippen molar-refractivity contribution in [2.75, 3.05) is 37.0 Å². The summed E-state index contributed by atoms with van der Waals surface area (Å²) in [5.74, 6) is 1.00. The Kier molecular flexibility index (Phi) is 5.26. The Hall–Kier alpha value is -2.20. The van der Waals surface area contributed by atoms with Crippen LogP contribution in [0.2, 0.25) is 0 Å². The van der Waals surface area contributed by atoms with Gasteiger partial charge in [0.15, 0.2) is 0 Å². The Labute approximate surface area is 144 Å². The molecule has 0 aliphatic carbocycles. The molecule has 0 amide bonds. The monoisotopic (exact) mass is 326 g/mol. The van der Waals surface area contributed by atoms with Crippen LogP contribution in [0.1, 0.15) is 30.0 Å². The molecule has 1 unspecified atom stereocenters. The van der Waals surface area contributed by atoms with Crippen LogP contribution >= 0.6 is 0 Å². The lowest BCUT2D eigenvalue weighted by molar-refractivity contribution is 0.304. The van der Waals surface area contributed by atoms with E-state index in [9.17, 15) is 0 Å². The SMILES string of the molecule is Cc1ccc2c(c1)OCCCC2Nc1ccc(N(C)CCO)cc1. The predicted octanol–water partition coefficient (Wildman–Crippen LogP) is 3.75. The minimum Gasteiger partial charge on any atom is -0.493 e. The van der Waals surface area contributed by atoms with Crippen molar-refractivity contribution in [2.24, 2.45) is 0 Å². The Balaban J connectivity index is 1.76. The number of ether oxygens (including phenoxy) is 1. The van der Waals surface area contributed by atoms with Gasteiger partial charge in [-0.25, -0.2) is 0 Å². The van der Waals surface area contributed by atoms with E-state index in [-0.39, 0.29) is 12.6 Å². The zero-order chi connectivity index (χ0) is 16.9. The van der Waals surface area contributed by atoms with Crippen molar-refractivity contribution < 1.29 is 9.84 Å². The highest BCUT2D eigenvalue weighted by Gasteiger charge is 2.19. The van der Waals surface area contributed by atoms with Gasteiger partial charge < -0.3 is 20.1 Å². The summed E-state index contributed by atoms with van der Waals surface area (Å²) in [4.78, 5) is 2.04. The molecule has 3 rings (SSSR count). The van der Waals surface area contributed by atoms with E-state index in [0.29, 0.717) is 6.54 Å². The summed E-state index contributed by atoms with van der Waals surface area (Å²) in [5, 5.41) is 12.7. The molecule has 2 aromatic rings. The van der Waals surface area contributed by atoms with Gasteiger partial charge in [-0.2, -0.15) is 0 Å². The third-order valence-electron chi connectivity index (χ3n) is 4.52. The third kappa shape index (κ3) is 3.82. The molecule has 4 nitrogen and oxygen atoms in total. The van der Waals surface area contributed by atoms with Crippen LogP contribution in [0.25, 0.3) is 0 Å². The smallest absolute Gasteiger partial charge is 0.124 e. The Bertz CT molecular complexity index is 670. The van der Waals surface area contributed by atoms with Crippen molar-refractivity contribution in [3.63, 3.8) is 0 Å². The second-order valence-corrected chi connectivity index (χ2v) is 6.42. The highest BCUT2D eigenvalue weighted by atomic mass is 16.5. The van der Waals surface area contributed by atoms with Gasteiger partial charge in [0.05, 0.1) is 19.3 Å². The minimum absolute atomic E-state index is 0.161. The molecule has 2 N–H and O–H groups in total. The highest BCUT2D eigenvalue weighted by Crippen LogP contribution is 2.34. The molecular weight excluding hydrogens is 300 g/mol. The number of hydrogen-bond donors (Lipinski definition) is 2. The molecule has 24 heavy (non-hydrogen) atoms. The first kappa shape index (κ1) is 16.7. The lowest BCUT2D eigenvalue weighted by Crippen LogP contribution is -2.21. The molecule has 1 aliphatic rings. The normalized spacial score (nSPS) is 16.7. The lowest BCUT2D eigenvalue weighted by atomic mass is 10.0. The summed E-state index contributed by atoms with van der Waals surface area (Å²) in [5.41, 5.74) is 4.68. The van der Waals surface area contributed by atoms with Crippen LogP contribution in [0.5, 0.6) is 5.75 Å². The highest BCUT2D eigenvalue weighted by molar-refractivity contribution is 5.56. The fourth-order valence-electron chi connectivity index (χ4n) is 3.12. The number of rotatable bonds is 5. The summed E-state index contributed by atoms with van der Waals surface area (Å²) < 4.78 is 5.90. The van der Waals surface area contributed by atoms with Gasteiger partial charge >= 0.3 is 0 Å². The average molecular weight is 326 g/mol. The van der Waals surface area contributed by atoms with Gasteiger partial charge in [0.25, 0.3) is 0 Å². The minimum atomic E-state index is 0.161. The van der Waals surface area contributed by atoms with Gasteiger partial charge in [0.1, 0.15) is 5.75 Å². The quantitative estimate of drug-likeness (QED) is 0.878. The van der Waals surface area contributed by atoms with E-state index in [4.69, 9.17) is 9.84 Å². The van der Waals surface area contributed by atoms with E-state index < -0.39 is 0 Å². The summed E-state index contributed by atoms with van der Waals surface area (Å²) in [6.07, 6.45) is 2.10. The van der Waals surface area contributed by atoms with Crippen molar-refractivity contribution >= 4 is 11.4 Å². The molecule has 1 heterocycles. The number of hydrogen-bond acceptors (Lipinski definition) is 4. The van der Waals surface area contributed by atoms with Crippen molar-refractivity contribution in [1.82, 2.24) is 0 Å². The first-order valence-corrected chi connectivity index (χ1v) is 8.59. The first-order chi connectivity index (χ1) is 11.7. The van der Waals surface area contributed by atoms with Gasteiger partial charge in [-0.15, -0.1) is 0 Å². The fraction of sp³-hybridized carbons (Fsp3) is 0.400. The first-order valence-electron chi connectivity index (χ1n) is 8.59. The number of aliphatic hydroxyl groups excluding tert-OH is 1. The zero-order valence-corrected chi connectivity index (χ0v) is 14.5. The average Bonchev–Trinajstić information content (AvgIpc) is 2.77. The van der Waals surface area contributed by atoms with Gasteiger partial charge in [0.2, 0.25) is 0 Å². The number of benzene rings is 2. The standard InChI is InChI=1S/C20H26N2O2/c1-15-5-10-18-19(4-3-13-24-20(18)14-15)21-16-6-8-17(9-7-16)22(2)11-12-23/h5-10,14,19,21,23H,3-4,11-13H2,1-2H3. The number of aryl methyl sites for hydroxylation is 1. The number of nitrogens with one attached hydrogen (secondary N) is 1. The second kappa shape index (κ2) is 7.58. The molecule has 0 spiro atoms. The maximum Gasteiger partial charge on any atom is 0.124 e. The van der Waals surface area contributed by atoms with Crippen LogP contribution in [-0.4, -0.2) is 31.9 Å². The number of nitrogens with zero attached hydrogens (tertiary/aromatic N) is 1. The summed E-state index contributed by atoms with van der Waals surface area (Å²) in [6.45, 7) is 3.67. The van der Waals surface area contributed by atoms with Crippen molar-refractivity contribution in [1.29, 1.82) is 0 Å². The van der Waals surface area contributed by atoms with E-state index in [2.05, 4.69) is 54.7 Å². The maximum absolute atomic E-state index is 9.04. The van der Waals surface area contributed by atoms with Crippen LogP contribution < -0.4 is 15.0 Å². The van der Waals surface area contributed by atoms with E-state index in [1.54, 1.807) is 0 Å². The molecule has 0 aromatic heterocycles. The number of aliphatic hydroxyl groups is 1. The molecule has 2 aromatic carbocycles. The topological polar surface area (TPSA) is 44.7 Å². The molecule has 0 saturated carbocycles. The molecule has 0 saturated heterocycles. The molecule has 4 heteroatoms.